The van der Waals surface area contributed by atoms with E-state index in [9.17, 15) is 29.1 Å². The van der Waals surface area contributed by atoms with Crippen molar-refractivity contribution < 1.29 is 34.2 Å². The van der Waals surface area contributed by atoms with Gasteiger partial charge < -0.3 is 48.7 Å². The molecule has 0 saturated carbocycles. The molecule has 0 aliphatic rings. The molecule has 0 aromatic rings. The molecule has 0 spiro atoms. The first-order valence-electron chi connectivity index (χ1n) is 11.7. The van der Waals surface area contributed by atoms with Crippen molar-refractivity contribution in [3.63, 3.8) is 0 Å². The summed E-state index contributed by atoms with van der Waals surface area (Å²) in [5.74, 6) is -5.86. The number of carboxylic acids is 2. The zero-order valence-corrected chi connectivity index (χ0v) is 20.7. The fourth-order valence-corrected chi connectivity index (χ4v) is 3.14. The average Bonchev–Trinajstić information content (AvgIpc) is 2.77. The Labute approximate surface area is 209 Å². The summed E-state index contributed by atoms with van der Waals surface area (Å²) in [6.45, 7) is 3.92. The van der Waals surface area contributed by atoms with E-state index in [2.05, 4.69) is 21.3 Å². The maximum Gasteiger partial charge on any atom is 0.326 e. The van der Waals surface area contributed by atoms with Gasteiger partial charge in [-0.1, -0.05) is 20.3 Å². The van der Waals surface area contributed by atoms with Gasteiger partial charge in [-0.15, -0.1) is 0 Å². The number of guanidine groups is 1. The Hall–Kier alpha value is -3.46. The van der Waals surface area contributed by atoms with Crippen molar-refractivity contribution in [3.8, 4) is 0 Å². The molecule has 0 rings (SSSR count). The normalized spacial score (nSPS) is 14.1. The summed E-state index contributed by atoms with van der Waals surface area (Å²) in [6.07, 6.45) is 1.28. The van der Waals surface area contributed by atoms with E-state index in [0.29, 0.717) is 32.2 Å². The van der Waals surface area contributed by atoms with Gasteiger partial charge in [-0.25, -0.2) is 4.79 Å². The molecule has 4 atom stereocenters. The average molecular weight is 517 g/mol. The molecule has 0 aromatic heterocycles. The van der Waals surface area contributed by atoms with E-state index in [1.807, 2.05) is 0 Å². The first-order chi connectivity index (χ1) is 16.8. The molecule has 206 valence electrons. The summed E-state index contributed by atoms with van der Waals surface area (Å²) >= 11 is 0. The molecule has 0 aliphatic heterocycles. The smallest absolute Gasteiger partial charge is 0.326 e. The summed E-state index contributed by atoms with van der Waals surface area (Å²) in [4.78, 5) is 60.5. The first kappa shape index (κ1) is 32.5. The van der Waals surface area contributed by atoms with Gasteiger partial charge in [0.15, 0.2) is 5.96 Å². The lowest BCUT2D eigenvalue weighted by Crippen LogP contribution is -2.58. The van der Waals surface area contributed by atoms with Crippen LogP contribution in [0, 0.1) is 11.3 Å². The molecule has 0 aliphatic carbocycles. The van der Waals surface area contributed by atoms with Gasteiger partial charge >= 0.3 is 11.9 Å². The highest BCUT2D eigenvalue weighted by Crippen LogP contribution is 2.07. The molecule has 0 saturated heterocycles. The molecule has 0 aromatic carbocycles. The van der Waals surface area contributed by atoms with Crippen molar-refractivity contribution in [2.45, 2.75) is 76.5 Å². The van der Waals surface area contributed by atoms with Crippen molar-refractivity contribution in [2.75, 3.05) is 13.1 Å². The van der Waals surface area contributed by atoms with E-state index in [0.717, 1.165) is 0 Å². The number of carbonyl (C=O) groups excluding carboxylic acids is 3. The summed E-state index contributed by atoms with van der Waals surface area (Å²) in [5.41, 5.74) is 16.6. The largest absolute Gasteiger partial charge is 0.481 e. The van der Waals surface area contributed by atoms with Gasteiger partial charge in [-0.3, -0.25) is 24.6 Å². The second-order valence-corrected chi connectivity index (χ2v) is 8.66. The predicted octanol–water partition coefficient (Wildman–Crippen LogP) is -2.62. The zero-order chi connectivity index (χ0) is 27.8. The van der Waals surface area contributed by atoms with E-state index >= 15 is 0 Å². The molecular weight excluding hydrogens is 476 g/mol. The van der Waals surface area contributed by atoms with Gasteiger partial charge in [-0.05, 0) is 38.1 Å². The van der Waals surface area contributed by atoms with Crippen LogP contribution in [-0.4, -0.2) is 83.1 Å². The number of nitrogens with two attached hydrogens (primary N) is 3. The fourth-order valence-electron chi connectivity index (χ4n) is 3.14. The number of nitrogens with one attached hydrogen (secondary N) is 5. The number of unbranched alkanes of at least 4 members (excludes halogenated alkanes) is 1. The maximum absolute atomic E-state index is 13.0. The second kappa shape index (κ2) is 17.0. The molecule has 3 amide bonds. The molecular formula is C21H40N8O7. The third-order valence-corrected chi connectivity index (χ3v) is 5.16. The molecule has 15 nitrogen and oxygen atoms in total. The molecule has 0 radical (unpaired) electrons. The molecule has 36 heavy (non-hydrogen) atoms. The van der Waals surface area contributed by atoms with Crippen LogP contribution in [0.4, 0.5) is 0 Å². The van der Waals surface area contributed by atoms with Gasteiger partial charge in [0, 0.05) is 6.54 Å². The highest BCUT2D eigenvalue weighted by atomic mass is 16.4. The fraction of sp³-hybridized carbons (Fsp3) is 0.714. The maximum atomic E-state index is 13.0. The minimum atomic E-state index is -1.69. The van der Waals surface area contributed by atoms with Crippen molar-refractivity contribution >= 4 is 35.6 Å². The minimum absolute atomic E-state index is 0.122. The van der Waals surface area contributed by atoms with E-state index in [4.69, 9.17) is 27.7 Å². The van der Waals surface area contributed by atoms with Gasteiger partial charge in [0.2, 0.25) is 17.7 Å². The Kier molecular flexibility index (Phi) is 15.4. The van der Waals surface area contributed by atoms with E-state index in [-0.39, 0.29) is 18.9 Å². The topological polar surface area (TPSA) is 276 Å². The second-order valence-electron chi connectivity index (χ2n) is 8.66. The monoisotopic (exact) mass is 516 g/mol. The van der Waals surface area contributed by atoms with Crippen LogP contribution in [0.1, 0.15) is 52.4 Å². The van der Waals surface area contributed by atoms with Crippen LogP contribution >= 0.6 is 0 Å². The summed E-state index contributed by atoms with van der Waals surface area (Å²) in [7, 11) is 0. The Balaban J connectivity index is 5.46. The lowest BCUT2D eigenvalue weighted by atomic mass is 10.0. The lowest BCUT2D eigenvalue weighted by molar-refractivity contribution is -0.147. The highest BCUT2D eigenvalue weighted by molar-refractivity contribution is 5.94. The standard InChI is InChI=1S/C21H40N8O7/c1-11(2)16(19(34)28-14(20(35)36)10-15(30)31)29-18(33)13(7-5-9-26-21(24)25)27-17(32)12(23)6-3-4-8-22/h11-14,16H,3-10,22-23H2,1-2H3,(H,27,32)(H,28,34)(H,29,33)(H,30,31)(H,35,36)(H4,24,25,26)/t12-,13-,14-,16-/m0/s1. The third kappa shape index (κ3) is 13.4. The molecule has 0 unspecified atom stereocenters. The van der Waals surface area contributed by atoms with Crippen LogP contribution < -0.4 is 38.5 Å². The zero-order valence-electron chi connectivity index (χ0n) is 20.7. The van der Waals surface area contributed by atoms with Crippen LogP contribution in [0.15, 0.2) is 0 Å². The van der Waals surface area contributed by atoms with Gasteiger partial charge in [-0.2, -0.15) is 0 Å². The number of hydrogen-bond acceptors (Lipinski definition) is 8. The Morgan fingerprint density at radius 1 is 0.861 bits per heavy atom. The molecule has 0 bridgehead atoms. The highest BCUT2D eigenvalue weighted by Gasteiger charge is 2.32. The Bertz CT molecular complexity index is 777. The number of carbonyl (C=O) groups is 5. The summed E-state index contributed by atoms with van der Waals surface area (Å²) < 4.78 is 0. The number of aliphatic carboxylic acids is 2. The summed E-state index contributed by atoms with van der Waals surface area (Å²) in [5, 5.41) is 35.1. The quantitative estimate of drug-likeness (QED) is 0.0511. The van der Waals surface area contributed by atoms with Crippen LogP contribution in [0.3, 0.4) is 0 Å². The number of rotatable bonds is 18. The molecule has 13 N–H and O–H groups in total. The predicted molar refractivity (Wildman–Crippen MR) is 131 cm³/mol. The van der Waals surface area contributed by atoms with Crippen LogP contribution in [0.2, 0.25) is 0 Å². The Morgan fingerprint density at radius 3 is 1.97 bits per heavy atom. The van der Waals surface area contributed by atoms with Crippen LogP contribution in [0.5, 0.6) is 0 Å². The summed E-state index contributed by atoms with van der Waals surface area (Å²) in [6, 6.07) is -4.86. The molecule has 15 heteroatoms. The van der Waals surface area contributed by atoms with E-state index in [1.54, 1.807) is 13.8 Å². The SMILES string of the molecule is CC(C)[C@H](NC(=O)[C@H](CCCNC(=N)N)NC(=O)[C@@H](N)CCCCN)C(=O)N[C@@H](CC(=O)O)C(=O)O. The minimum Gasteiger partial charge on any atom is -0.481 e. The number of amides is 3. The number of carboxylic acid groups (broad SMARTS) is 2. The Morgan fingerprint density at radius 2 is 1.47 bits per heavy atom. The van der Waals surface area contributed by atoms with Crippen LogP contribution in [0.25, 0.3) is 0 Å². The van der Waals surface area contributed by atoms with Gasteiger partial charge in [0.25, 0.3) is 0 Å². The first-order valence-corrected chi connectivity index (χ1v) is 11.7. The van der Waals surface area contributed by atoms with E-state index < -0.39 is 66.2 Å². The lowest BCUT2D eigenvalue weighted by Gasteiger charge is -2.27. The van der Waals surface area contributed by atoms with E-state index in [1.165, 1.54) is 0 Å². The van der Waals surface area contributed by atoms with Crippen molar-refractivity contribution in [1.29, 1.82) is 5.41 Å². The molecule has 0 fully saturated rings. The van der Waals surface area contributed by atoms with Crippen molar-refractivity contribution in [3.05, 3.63) is 0 Å². The van der Waals surface area contributed by atoms with Crippen molar-refractivity contribution in [1.82, 2.24) is 21.3 Å². The number of hydrogen-bond donors (Lipinski definition) is 10. The third-order valence-electron chi connectivity index (χ3n) is 5.16. The van der Waals surface area contributed by atoms with Crippen molar-refractivity contribution in [2.24, 2.45) is 23.1 Å². The van der Waals surface area contributed by atoms with Gasteiger partial charge in [0.05, 0.1) is 12.5 Å². The van der Waals surface area contributed by atoms with Gasteiger partial charge in [0.1, 0.15) is 18.1 Å². The molecule has 0 heterocycles. The van der Waals surface area contributed by atoms with Crippen LogP contribution in [-0.2, 0) is 24.0 Å².